The van der Waals surface area contributed by atoms with Crippen molar-refractivity contribution in [1.82, 2.24) is 19.7 Å². The van der Waals surface area contributed by atoms with Crippen LogP contribution in [0.5, 0.6) is 0 Å². The zero-order valence-electron chi connectivity index (χ0n) is 18.9. The third-order valence-electron chi connectivity index (χ3n) is 5.99. The van der Waals surface area contributed by atoms with E-state index in [1.165, 1.54) is 10.1 Å². The lowest BCUT2D eigenvalue weighted by atomic mass is 10.1. The molecule has 1 saturated heterocycles. The molecule has 0 saturated carbocycles. The Labute approximate surface area is 192 Å². The fourth-order valence-electron chi connectivity index (χ4n) is 4.30. The summed E-state index contributed by atoms with van der Waals surface area (Å²) < 4.78 is 6.80. The fourth-order valence-corrected chi connectivity index (χ4v) is 4.30. The minimum atomic E-state index is -0.419. The van der Waals surface area contributed by atoms with Gasteiger partial charge in [0.15, 0.2) is 5.58 Å². The molecule has 9 heteroatoms. The Bertz CT molecular complexity index is 1190. The largest absolute Gasteiger partial charge is 0.419 e. The number of nitrogens with zero attached hydrogens (tertiary/aromatic N) is 3. The number of likely N-dealkylation sites (N-methyl/N-ethyl adjacent to an activating group) is 1. The normalized spacial score (nSPS) is 17.2. The van der Waals surface area contributed by atoms with Gasteiger partial charge in [-0.15, -0.1) is 0 Å². The number of carbonyl (C=O) groups excluding carboxylic acids is 2. The maximum Gasteiger partial charge on any atom is 0.419 e. The lowest BCUT2D eigenvalue weighted by Crippen LogP contribution is -2.59. The van der Waals surface area contributed by atoms with Gasteiger partial charge < -0.3 is 15.1 Å². The number of aromatic nitrogens is 1. The van der Waals surface area contributed by atoms with E-state index in [1.807, 2.05) is 30.0 Å². The van der Waals surface area contributed by atoms with Gasteiger partial charge in [0.1, 0.15) is 6.04 Å². The number of piperazine rings is 1. The number of hydrogen-bond donors (Lipinski definition) is 2. The number of oxazole rings is 1. The van der Waals surface area contributed by atoms with Gasteiger partial charge in [0.25, 0.3) is 0 Å². The molecule has 0 radical (unpaired) electrons. The Morgan fingerprint density at radius 1 is 1.12 bits per heavy atom. The lowest BCUT2D eigenvalue weighted by Gasteiger charge is -2.40. The number of fused-ring (bicyclic) bond motifs is 1. The summed E-state index contributed by atoms with van der Waals surface area (Å²) in [5.74, 6) is -0.750. The Morgan fingerprint density at radius 3 is 2.64 bits per heavy atom. The predicted molar refractivity (Wildman–Crippen MR) is 126 cm³/mol. The van der Waals surface area contributed by atoms with Crippen LogP contribution in [0.15, 0.2) is 57.7 Å². The van der Waals surface area contributed by atoms with Crippen LogP contribution < -0.4 is 16.4 Å². The highest BCUT2D eigenvalue weighted by Gasteiger charge is 2.33. The lowest BCUT2D eigenvalue weighted by molar-refractivity contribution is -0.130. The third-order valence-corrected chi connectivity index (χ3v) is 5.99. The van der Waals surface area contributed by atoms with Crippen molar-refractivity contribution >= 4 is 28.6 Å². The summed E-state index contributed by atoms with van der Waals surface area (Å²) in [5.41, 5.74) is 2.86. The first-order valence-electron chi connectivity index (χ1n) is 11.1. The van der Waals surface area contributed by atoms with Crippen molar-refractivity contribution in [2.45, 2.75) is 26.1 Å². The van der Waals surface area contributed by atoms with E-state index in [9.17, 15) is 14.4 Å². The number of anilines is 1. The van der Waals surface area contributed by atoms with Gasteiger partial charge in [0.05, 0.1) is 12.1 Å². The fraction of sp³-hybridized carbons (Fsp3) is 0.375. The summed E-state index contributed by atoms with van der Waals surface area (Å²) in [6.07, 6.45) is 0. The highest BCUT2D eigenvalue weighted by atomic mass is 16.4. The molecule has 1 aromatic heterocycles. The Morgan fingerprint density at radius 2 is 1.91 bits per heavy atom. The van der Waals surface area contributed by atoms with E-state index in [2.05, 4.69) is 27.7 Å². The van der Waals surface area contributed by atoms with Crippen molar-refractivity contribution in [3.05, 3.63) is 64.6 Å². The van der Waals surface area contributed by atoms with E-state index in [4.69, 9.17) is 4.42 Å². The van der Waals surface area contributed by atoms with Gasteiger partial charge >= 0.3 is 5.76 Å². The molecule has 0 spiro atoms. The number of nitrogens with one attached hydrogen (secondary N) is 2. The van der Waals surface area contributed by atoms with Gasteiger partial charge in [-0.2, -0.15) is 0 Å². The molecule has 2 amide bonds. The topological polar surface area (TPSA) is 99.8 Å². The highest BCUT2D eigenvalue weighted by molar-refractivity contribution is 5.94. The van der Waals surface area contributed by atoms with Crippen LogP contribution >= 0.6 is 0 Å². The monoisotopic (exact) mass is 451 g/mol. The van der Waals surface area contributed by atoms with E-state index in [1.54, 1.807) is 25.2 Å². The van der Waals surface area contributed by atoms with E-state index in [-0.39, 0.29) is 18.4 Å². The summed E-state index contributed by atoms with van der Waals surface area (Å²) in [5, 5.41) is 5.58. The summed E-state index contributed by atoms with van der Waals surface area (Å²) in [4.78, 5) is 41.4. The van der Waals surface area contributed by atoms with Crippen molar-refractivity contribution in [2.24, 2.45) is 0 Å². The molecule has 1 atom stereocenters. The second-order valence-electron chi connectivity index (χ2n) is 8.16. The van der Waals surface area contributed by atoms with E-state index in [0.29, 0.717) is 36.4 Å². The first-order chi connectivity index (χ1) is 16.0. The van der Waals surface area contributed by atoms with E-state index >= 15 is 0 Å². The van der Waals surface area contributed by atoms with Gasteiger partial charge in [-0.3, -0.25) is 24.0 Å². The molecule has 174 valence electrons. The molecule has 0 bridgehead atoms. The van der Waals surface area contributed by atoms with Crippen LogP contribution in [0.1, 0.15) is 12.5 Å². The zero-order valence-corrected chi connectivity index (χ0v) is 18.9. The van der Waals surface area contributed by atoms with Gasteiger partial charge in [-0.1, -0.05) is 30.3 Å². The molecule has 1 fully saturated rings. The van der Waals surface area contributed by atoms with Gasteiger partial charge in [-0.25, -0.2) is 4.79 Å². The van der Waals surface area contributed by atoms with Crippen molar-refractivity contribution in [2.75, 3.05) is 38.5 Å². The Kier molecular flexibility index (Phi) is 6.90. The maximum atomic E-state index is 12.8. The highest BCUT2D eigenvalue weighted by Crippen LogP contribution is 2.19. The number of benzene rings is 2. The zero-order chi connectivity index (χ0) is 23.4. The van der Waals surface area contributed by atoms with Crippen LogP contribution in [-0.4, -0.2) is 65.4 Å². The first-order valence-corrected chi connectivity index (χ1v) is 11.1. The maximum absolute atomic E-state index is 12.8. The molecule has 3 aromatic rings. The van der Waals surface area contributed by atoms with Crippen LogP contribution in [0, 0.1) is 0 Å². The number of aryl methyl sites for hydroxylation is 1. The average Bonchev–Trinajstić information content (AvgIpc) is 3.14. The predicted octanol–water partition coefficient (Wildman–Crippen LogP) is 1.49. The molecule has 4 rings (SSSR count). The molecule has 0 aliphatic carbocycles. The van der Waals surface area contributed by atoms with Crippen LogP contribution in [0.2, 0.25) is 0 Å². The quantitative estimate of drug-likeness (QED) is 0.565. The molecule has 1 aliphatic heterocycles. The minimum absolute atomic E-state index is 0.0925. The molecular weight excluding hydrogens is 422 g/mol. The van der Waals surface area contributed by atoms with Crippen LogP contribution in [0.4, 0.5) is 5.69 Å². The standard InChI is InChI=1S/C24H29N5O4/c1-3-29-19-10-9-18(13-21(19)33-24(29)32)26-22(30)16-28-12-11-27(15-20(28)23(31)25-2)14-17-7-5-4-6-8-17/h4-10,13,20H,3,11-12,14-16H2,1-2H3,(H,25,31)(H,26,30)/t20-/m1/s1. The molecule has 2 N–H and O–H groups in total. The number of rotatable bonds is 7. The molecule has 9 nitrogen and oxygen atoms in total. The summed E-state index contributed by atoms with van der Waals surface area (Å²) in [7, 11) is 1.61. The van der Waals surface area contributed by atoms with E-state index < -0.39 is 11.8 Å². The van der Waals surface area contributed by atoms with Gasteiger partial charge in [0, 0.05) is 51.5 Å². The molecule has 2 aromatic carbocycles. The molecule has 33 heavy (non-hydrogen) atoms. The summed E-state index contributed by atoms with van der Waals surface area (Å²) >= 11 is 0. The Hall–Kier alpha value is -3.43. The molecule has 1 aliphatic rings. The van der Waals surface area contributed by atoms with Crippen LogP contribution in [0.3, 0.4) is 0 Å². The van der Waals surface area contributed by atoms with Crippen molar-refractivity contribution in [3.8, 4) is 0 Å². The summed E-state index contributed by atoms with van der Waals surface area (Å²) in [6, 6.07) is 14.9. The van der Waals surface area contributed by atoms with Crippen LogP contribution in [0.25, 0.3) is 11.1 Å². The van der Waals surface area contributed by atoms with Crippen LogP contribution in [-0.2, 0) is 22.7 Å². The van der Waals surface area contributed by atoms with E-state index in [0.717, 1.165) is 13.1 Å². The second kappa shape index (κ2) is 10.0. The Balaban J connectivity index is 1.41. The average molecular weight is 452 g/mol. The minimum Gasteiger partial charge on any atom is -0.408 e. The number of amides is 2. The van der Waals surface area contributed by atoms with Gasteiger partial charge in [0.2, 0.25) is 11.8 Å². The van der Waals surface area contributed by atoms with Crippen molar-refractivity contribution in [3.63, 3.8) is 0 Å². The smallest absolute Gasteiger partial charge is 0.408 e. The third kappa shape index (κ3) is 5.15. The molecule has 0 unspecified atom stereocenters. The summed E-state index contributed by atoms with van der Waals surface area (Å²) in [6.45, 7) is 5.14. The second-order valence-corrected chi connectivity index (χ2v) is 8.16. The SMILES string of the molecule is CCn1c(=O)oc2cc(NC(=O)CN3CCN(Cc4ccccc4)C[C@@H]3C(=O)NC)ccc21. The van der Waals surface area contributed by atoms with Gasteiger partial charge in [-0.05, 0) is 24.6 Å². The first kappa shape index (κ1) is 22.8. The molecular formula is C24H29N5O4. The molecule has 2 heterocycles. The number of carbonyl (C=O) groups is 2. The van der Waals surface area contributed by atoms with Crippen molar-refractivity contribution < 1.29 is 14.0 Å². The number of hydrogen-bond acceptors (Lipinski definition) is 6. The van der Waals surface area contributed by atoms with Crippen molar-refractivity contribution in [1.29, 1.82) is 0 Å².